The topological polar surface area (TPSA) is 75.3 Å². The zero-order valence-electron chi connectivity index (χ0n) is 15.8. The number of hydrogen-bond donors (Lipinski definition) is 0. The Hall–Kier alpha value is -2.12. The third-order valence-electron chi connectivity index (χ3n) is 4.29. The molecule has 2 heterocycles. The second-order valence-electron chi connectivity index (χ2n) is 6.16. The number of nitrogens with zero attached hydrogens (tertiary/aromatic N) is 3. The standard InChI is InChI=1S/C18H24ClN3O4/c1-11-9-14(13(3)22(11)7-6-8-25-5)15(23)10-26-18(24)16-12(2)20-21(4)17(16)19/h9H,6-8,10H2,1-5H3. The zero-order valence-corrected chi connectivity index (χ0v) is 16.5. The van der Waals surface area contributed by atoms with Gasteiger partial charge in [-0.25, -0.2) is 4.79 Å². The van der Waals surface area contributed by atoms with Gasteiger partial charge in [0.2, 0.25) is 5.78 Å². The molecule has 0 spiro atoms. The van der Waals surface area contributed by atoms with Crippen molar-refractivity contribution in [1.82, 2.24) is 14.3 Å². The van der Waals surface area contributed by atoms with Crippen molar-refractivity contribution >= 4 is 23.4 Å². The van der Waals surface area contributed by atoms with Gasteiger partial charge < -0.3 is 14.0 Å². The van der Waals surface area contributed by atoms with Gasteiger partial charge in [0.1, 0.15) is 10.7 Å². The molecule has 0 fully saturated rings. The average molecular weight is 382 g/mol. The Balaban J connectivity index is 2.06. The van der Waals surface area contributed by atoms with E-state index in [2.05, 4.69) is 9.67 Å². The highest BCUT2D eigenvalue weighted by molar-refractivity contribution is 6.32. The largest absolute Gasteiger partial charge is 0.454 e. The summed E-state index contributed by atoms with van der Waals surface area (Å²) in [5.74, 6) is -0.898. The third kappa shape index (κ3) is 4.16. The van der Waals surface area contributed by atoms with E-state index in [0.29, 0.717) is 17.9 Å². The second-order valence-corrected chi connectivity index (χ2v) is 6.51. The number of carbonyl (C=O) groups excluding carboxylic acids is 2. The maximum Gasteiger partial charge on any atom is 0.343 e. The summed E-state index contributed by atoms with van der Waals surface area (Å²) < 4.78 is 13.7. The van der Waals surface area contributed by atoms with Crippen molar-refractivity contribution in [2.45, 2.75) is 33.7 Å². The highest BCUT2D eigenvalue weighted by Gasteiger charge is 2.22. The van der Waals surface area contributed by atoms with Crippen LogP contribution in [0, 0.1) is 20.8 Å². The molecule has 0 bridgehead atoms. The zero-order chi connectivity index (χ0) is 19.4. The normalized spacial score (nSPS) is 11.0. The number of rotatable bonds is 8. The van der Waals surface area contributed by atoms with Crippen molar-refractivity contribution in [2.24, 2.45) is 7.05 Å². The molecule has 7 nitrogen and oxygen atoms in total. The van der Waals surface area contributed by atoms with Crippen LogP contribution in [-0.4, -0.2) is 46.4 Å². The van der Waals surface area contributed by atoms with E-state index in [1.54, 1.807) is 21.1 Å². The van der Waals surface area contributed by atoms with Crippen LogP contribution in [0.4, 0.5) is 0 Å². The molecule has 2 aromatic rings. The number of aromatic nitrogens is 3. The Morgan fingerprint density at radius 2 is 1.96 bits per heavy atom. The number of Topliss-reactive ketones (excluding diaryl/α,β-unsaturated/α-hetero) is 1. The van der Waals surface area contributed by atoms with Crippen LogP contribution in [0.15, 0.2) is 6.07 Å². The van der Waals surface area contributed by atoms with Crippen LogP contribution in [0.1, 0.15) is 44.2 Å². The predicted molar refractivity (Wildman–Crippen MR) is 98.0 cm³/mol. The number of aryl methyl sites for hydroxylation is 3. The summed E-state index contributed by atoms with van der Waals surface area (Å²) in [5, 5.41) is 4.26. The van der Waals surface area contributed by atoms with Crippen molar-refractivity contribution in [1.29, 1.82) is 0 Å². The minimum Gasteiger partial charge on any atom is -0.454 e. The fourth-order valence-electron chi connectivity index (χ4n) is 2.94. The molecule has 0 unspecified atom stereocenters. The highest BCUT2D eigenvalue weighted by Crippen LogP contribution is 2.20. The van der Waals surface area contributed by atoms with Crippen LogP contribution in [0.3, 0.4) is 0 Å². The molecule has 0 saturated carbocycles. The molecule has 0 radical (unpaired) electrons. The summed E-state index contributed by atoms with van der Waals surface area (Å²) in [5.41, 5.74) is 3.05. The van der Waals surface area contributed by atoms with E-state index in [9.17, 15) is 9.59 Å². The SMILES string of the molecule is COCCCn1c(C)cc(C(=O)COC(=O)c2c(C)nn(C)c2Cl)c1C. The first-order chi connectivity index (χ1) is 12.3. The van der Waals surface area contributed by atoms with Crippen LogP contribution in [0.2, 0.25) is 5.15 Å². The summed E-state index contributed by atoms with van der Waals surface area (Å²) in [6.07, 6.45) is 0.855. The van der Waals surface area contributed by atoms with Gasteiger partial charge in [0.25, 0.3) is 0 Å². The molecule has 142 valence electrons. The van der Waals surface area contributed by atoms with E-state index in [4.69, 9.17) is 21.1 Å². The lowest BCUT2D eigenvalue weighted by Crippen LogP contribution is -2.16. The first-order valence-electron chi connectivity index (χ1n) is 8.33. The molecule has 0 aliphatic carbocycles. The number of hydrogen-bond acceptors (Lipinski definition) is 5. The van der Waals surface area contributed by atoms with E-state index in [1.165, 1.54) is 4.68 Å². The lowest BCUT2D eigenvalue weighted by Gasteiger charge is -2.09. The molecule has 0 saturated heterocycles. The van der Waals surface area contributed by atoms with Crippen LogP contribution >= 0.6 is 11.6 Å². The molecular formula is C18H24ClN3O4. The summed E-state index contributed by atoms with van der Waals surface area (Å²) in [7, 11) is 3.30. The van der Waals surface area contributed by atoms with E-state index >= 15 is 0 Å². The molecule has 0 atom stereocenters. The molecule has 0 aromatic carbocycles. The van der Waals surface area contributed by atoms with Gasteiger partial charge in [0.15, 0.2) is 6.61 Å². The number of methoxy groups -OCH3 is 1. The van der Waals surface area contributed by atoms with Gasteiger partial charge in [-0.05, 0) is 33.3 Å². The van der Waals surface area contributed by atoms with Crippen LogP contribution in [-0.2, 0) is 23.1 Å². The van der Waals surface area contributed by atoms with Gasteiger partial charge in [0.05, 0.1) is 5.69 Å². The minimum atomic E-state index is -0.650. The van der Waals surface area contributed by atoms with Crippen LogP contribution in [0.25, 0.3) is 0 Å². The quantitative estimate of drug-likeness (QED) is 0.399. The van der Waals surface area contributed by atoms with E-state index < -0.39 is 5.97 Å². The van der Waals surface area contributed by atoms with Crippen molar-refractivity contribution in [2.75, 3.05) is 20.3 Å². The Morgan fingerprint density at radius 1 is 1.27 bits per heavy atom. The highest BCUT2D eigenvalue weighted by atomic mass is 35.5. The fraction of sp³-hybridized carbons (Fsp3) is 0.500. The summed E-state index contributed by atoms with van der Waals surface area (Å²) in [6, 6.07) is 1.82. The summed E-state index contributed by atoms with van der Waals surface area (Å²) >= 11 is 6.05. The van der Waals surface area contributed by atoms with E-state index in [-0.39, 0.29) is 23.1 Å². The van der Waals surface area contributed by atoms with Gasteiger partial charge in [-0.1, -0.05) is 11.6 Å². The second kappa shape index (κ2) is 8.51. The van der Waals surface area contributed by atoms with Gasteiger partial charge in [-0.15, -0.1) is 0 Å². The maximum atomic E-state index is 12.5. The molecule has 8 heteroatoms. The molecule has 0 amide bonds. The van der Waals surface area contributed by atoms with Crippen LogP contribution < -0.4 is 0 Å². The number of ketones is 1. The fourth-order valence-corrected chi connectivity index (χ4v) is 3.19. The Labute approximate surface area is 157 Å². The predicted octanol–water partition coefficient (Wildman–Crippen LogP) is 2.88. The maximum absolute atomic E-state index is 12.5. The van der Waals surface area contributed by atoms with Crippen molar-refractivity contribution in [3.63, 3.8) is 0 Å². The lowest BCUT2D eigenvalue weighted by atomic mass is 10.1. The molecule has 2 aromatic heterocycles. The third-order valence-corrected chi connectivity index (χ3v) is 4.73. The van der Waals surface area contributed by atoms with E-state index in [0.717, 1.165) is 24.4 Å². The smallest absolute Gasteiger partial charge is 0.343 e. The first-order valence-corrected chi connectivity index (χ1v) is 8.70. The summed E-state index contributed by atoms with van der Waals surface area (Å²) in [4.78, 5) is 24.7. The van der Waals surface area contributed by atoms with Gasteiger partial charge in [0, 0.05) is 44.3 Å². The monoisotopic (exact) mass is 381 g/mol. The van der Waals surface area contributed by atoms with Crippen molar-refractivity contribution in [3.05, 3.63) is 39.4 Å². The number of halogens is 1. The van der Waals surface area contributed by atoms with Crippen molar-refractivity contribution in [3.8, 4) is 0 Å². The molecule has 0 N–H and O–H groups in total. The minimum absolute atomic E-state index is 0.187. The number of ether oxygens (including phenoxy) is 2. The van der Waals surface area contributed by atoms with Gasteiger partial charge in [-0.3, -0.25) is 9.48 Å². The summed E-state index contributed by atoms with van der Waals surface area (Å²) in [6.45, 7) is 6.58. The number of carbonyl (C=O) groups is 2. The number of esters is 1. The van der Waals surface area contributed by atoms with Gasteiger partial charge >= 0.3 is 5.97 Å². The lowest BCUT2D eigenvalue weighted by molar-refractivity contribution is 0.0474. The van der Waals surface area contributed by atoms with Crippen LogP contribution in [0.5, 0.6) is 0 Å². The first kappa shape index (κ1) is 20.2. The molecule has 2 rings (SSSR count). The Bertz CT molecular complexity index is 823. The molecule has 0 aliphatic heterocycles. The molecule has 26 heavy (non-hydrogen) atoms. The van der Waals surface area contributed by atoms with Gasteiger partial charge in [-0.2, -0.15) is 5.10 Å². The molecular weight excluding hydrogens is 358 g/mol. The Kier molecular flexibility index (Phi) is 6.61. The Morgan fingerprint density at radius 3 is 2.54 bits per heavy atom. The molecule has 0 aliphatic rings. The van der Waals surface area contributed by atoms with Crippen molar-refractivity contribution < 1.29 is 19.1 Å². The average Bonchev–Trinajstić information content (AvgIpc) is 3.01. The van der Waals surface area contributed by atoms with E-state index in [1.807, 2.05) is 19.9 Å².